The highest BCUT2D eigenvalue weighted by Gasteiger charge is 2.35. The van der Waals surface area contributed by atoms with E-state index in [1.165, 1.54) is 12.8 Å². The van der Waals surface area contributed by atoms with Gasteiger partial charge in [0.2, 0.25) is 5.91 Å². The zero-order valence-corrected chi connectivity index (χ0v) is 8.66. The van der Waals surface area contributed by atoms with E-state index >= 15 is 0 Å². The molecule has 1 aromatic rings. The Hall–Kier alpha value is -1.58. The first-order valence-corrected chi connectivity index (χ1v) is 5.27. The summed E-state index contributed by atoms with van der Waals surface area (Å²) in [5.74, 6) is 1.00. The molecule has 0 unspecified atom stereocenters. The summed E-state index contributed by atoms with van der Waals surface area (Å²) in [5, 5.41) is 2.87. The van der Waals surface area contributed by atoms with E-state index in [1.54, 1.807) is 0 Å². The van der Waals surface area contributed by atoms with E-state index in [1.807, 2.05) is 19.2 Å². The van der Waals surface area contributed by atoms with Crippen molar-refractivity contribution in [3.8, 4) is 0 Å². The van der Waals surface area contributed by atoms with Crippen molar-refractivity contribution in [1.82, 2.24) is 4.98 Å². The molecule has 1 aliphatic carbocycles. The Morgan fingerprint density at radius 3 is 3.07 bits per heavy atom. The molecule has 0 spiro atoms. The van der Waals surface area contributed by atoms with E-state index in [-0.39, 0.29) is 5.91 Å². The van der Waals surface area contributed by atoms with Crippen LogP contribution in [0, 0.1) is 6.92 Å². The Morgan fingerprint density at radius 2 is 2.33 bits per heavy atom. The number of fused-ring (bicyclic) bond motifs is 1. The van der Waals surface area contributed by atoms with Gasteiger partial charge in [0.1, 0.15) is 0 Å². The Labute approximate surface area is 88.3 Å². The SMILES string of the molecule is Cc1cnc2c(c1)NC(=O)CN2C1CC1. The van der Waals surface area contributed by atoms with Crippen LogP contribution >= 0.6 is 0 Å². The standard InChI is InChI=1S/C11H13N3O/c1-7-4-9-11(12-5-7)14(8-2-3-8)6-10(15)13-9/h4-5,8H,2-3,6H2,1H3,(H,13,15). The number of aromatic nitrogens is 1. The molecule has 3 rings (SSSR count). The third kappa shape index (κ3) is 1.46. The molecule has 0 bridgehead atoms. The number of carbonyl (C=O) groups excluding carboxylic acids is 1. The van der Waals surface area contributed by atoms with Gasteiger partial charge in [-0.1, -0.05) is 0 Å². The van der Waals surface area contributed by atoms with Crippen LogP contribution in [0.15, 0.2) is 12.3 Å². The van der Waals surface area contributed by atoms with Crippen molar-refractivity contribution in [3.05, 3.63) is 17.8 Å². The number of aryl methyl sites for hydroxylation is 1. The van der Waals surface area contributed by atoms with Crippen molar-refractivity contribution in [2.75, 3.05) is 16.8 Å². The average Bonchev–Trinajstić information content (AvgIpc) is 2.98. The summed E-state index contributed by atoms with van der Waals surface area (Å²) in [5.41, 5.74) is 1.94. The highest BCUT2D eigenvalue weighted by atomic mass is 16.2. The zero-order valence-electron chi connectivity index (χ0n) is 8.66. The molecule has 1 aromatic heterocycles. The molecular formula is C11H13N3O. The zero-order chi connectivity index (χ0) is 10.4. The lowest BCUT2D eigenvalue weighted by Crippen LogP contribution is -2.40. The molecule has 4 nitrogen and oxygen atoms in total. The van der Waals surface area contributed by atoms with Crippen molar-refractivity contribution in [3.63, 3.8) is 0 Å². The summed E-state index contributed by atoms with van der Waals surface area (Å²) < 4.78 is 0. The highest BCUT2D eigenvalue weighted by Crippen LogP contribution is 2.36. The van der Waals surface area contributed by atoms with Crippen LogP contribution in [0.5, 0.6) is 0 Å². The number of pyridine rings is 1. The summed E-state index contributed by atoms with van der Waals surface area (Å²) in [6.07, 6.45) is 4.22. The quantitative estimate of drug-likeness (QED) is 0.748. The number of hydrogen-bond donors (Lipinski definition) is 1. The minimum absolute atomic E-state index is 0.0711. The number of hydrogen-bond acceptors (Lipinski definition) is 3. The van der Waals surface area contributed by atoms with E-state index in [0.29, 0.717) is 12.6 Å². The second kappa shape index (κ2) is 2.95. The summed E-state index contributed by atoms with van der Waals surface area (Å²) in [6.45, 7) is 2.43. The Morgan fingerprint density at radius 1 is 1.53 bits per heavy atom. The van der Waals surface area contributed by atoms with E-state index in [2.05, 4.69) is 15.2 Å². The molecular weight excluding hydrogens is 190 g/mol. The van der Waals surface area contributed by atoms with Crippen LogP contribution in [0.4, 0.5) is 11.5 Å². The molecule has 0 atom stereocenters. The monoisotopic (exact) mass is 203 g/mol. The molecule has 4 heteroatoms. The smallest absolute Gasteiger partial charge is 0.244 e. The molecule has 1 amide bonds. The molecule has 1 saturated carbocycles. The van der Waals surface area contributed by atoms with Gasteiger partial charge in [-0.25, -0.2) is 4.98 Å². The van der Waals surface area contributed by atoms with Gasteiger partial charge in [0.25, 0.3) is 0 Å². The normalized spacial score (nSPS) is 19.8. The average molecular weight is 203 g/mol. The second-order valence-corrected chi connectivity index (χ2v) is 4.29. The number of carbonyl (C=O) groups is 1. The predicted octanol–water partition coefficient (Wildman–Crippen LogP) is 1.31. The first kappa shape index (κ1) is 8.71. The minimum Gasteiger partial charge on any atom is -0.343 e. The summed E-state index contributed by atoms with van der Waals surface area (Å²) in [6, 6.07) is 2.51. The van der Waals surface area contributed by atoms with Crippen LogP contribution in [0.1, 0.15) is 18.4 Å². The Balaban J connectivity index is 2.05. The van der Waals surface area contributed by atoms with Gasteiger partial charge < -0.3 is 10.2 Å². The fourth-order valence-corrected chi connectivity index (χ4v) is 1.99. The second-order valence-electron chi connectivity index (χ2n) is 4.29. The first-order valence-electron chi connectivity index (χ1n) is 5.27. The molecule has 0 radical (unpaired) electrons. The van der Waals surface area contributed by atoms with E-state index in [0.717, 1.165) is 17.1 Å². The topological polar surface area (TPSA) is 45.2 Å². The number of nitrogens with one attached hydrogen (secondary N) is 1. The Kier molecular flexibility index (Phi) is 1.71. The third-order valence-corrected chi connectivity index (χ3v) is 2.85. The summed E-state index contributed by atoms with van der Waals surface area (Å²) >= 11 is 0. The molecule has 15 heavy (non-hydrogen) atoms. The van der Waals surface area contributed by atoms with Gasteiger partial charge in [-0.3, -0.25) is 4.79 Å². The molecule has 2 heterocycles. The molecule has 2 aliphatic rings. The number of rotatable bonds is 1. The lowest BCUT2D eigenvalue weighted by atomic mass is 10.2. The van der Waals surface area contributed by atoms with E-state index in [4.69, 9.17) is 0 Å². The van der Waals surface area contributed by atoms with Crippen LogP contribution < -0.4 is 10.2 Å². The first-order chi connectivity index (χ1) is 7.24. The van der Waals surface area contributed by atoms with Gasteiger partial charge >= 0.3 is 0 Å². The fraction of sp³-hybridized carbons (Fsp3) is 0.455. The third-order valence-electron chi connectivity index (χ3n) is 2.85. The summed E-state index contributed by atoms with van der Waals surface area (Å²) in [7, 11) is 0. The van der Waals surface area contributed by atoms with Crippen LogP contribution in [-0.4, -0.2) is 23.5 Å². The number of nitrogens with zero attached hydrogens (tertiary/aromatic N) is 2. The van der Waals surface area contributed by atoms with Gasteiger partial charge in [-0.2, -0.15) is 0 Å². The maximum Gasteiger partial charge on any atom is 0.244 e. The van der Waals surface area contributed by atoms with Crippen molar-refractivity contribution < 1.29 is 4.79 Å². The number of amides is 1. The lowest BCUT2D eigenvalue weighted by molar-refractivity contribution is -0.115. The molecule has 78 valence electrons. The molecule has 1 N–H and O–H groups in total. The lowest BCUT2D eigenvalue weighted by Gasteiger charge is -2.29. The van der Waals surface area contributed by atoms with Crippen LogP contribution in [0.2, 0.25) is 0 Å². The Bertz CT molecular complexity index is 426. The van der Waals surface area contributed by atoms with Crippen molar-refractivity contribution in [1.29, 1.82) is 0 Å². The fourth-order valence-electron chi connectivity index (χ4n) is 1.99. The van der Waals surface area contributed by atoms with Gasteiger partial charge in [-0.15, -0.1) is 0 Å². The maximum absolute atomic E-state index is 11.5. The minimum atomic E-state index is 0.0711. The maximum atomic E-state index is 11.5. The summed E-state index contributed by atoms with van der Waals surface area (Å²) in [4.78, 5) is 18.0. The van der Waals surface area contributed by atoms with E-state index in [9.17, 15) is 4.79 Å². The highest BCUT2D eigenvalue weighted by molar-refractivity contribution is 6.00. The number of anilines is 2. The molecule has 0 aromatic carbocycles. The van der Waals surface area contributed by atoms with E-state index < -0.39 is 0 Å². The molecule has 1 aliphatic heterocycles. The van der Waals surface area contributed by atoms with Crippen LogP contribution in [0.25, 0.3) is 0 Å². The van der Waals surface area contributed by atoms with Crippen molar-refractivity contribution in [2.45, 2.75) is 25.8 Å². The van der Waals surface area contributed by atoms with Gasteiger partial charge in [0.15, 0.2) is 5.82 Å². The molecule has 1 fully saturated rings. The van der Waals surface area contributed by atoms with Gasteiger partial charge in [0, 0.05) is 12.2 Å². The molecule has 0 saturated heterocycles. The largest absolute Gasteiger partial charge is 0.343 e. The van der Waals surface area contributed by atoms with Crippen LogP contribution in [0.3, 0.4) is 0 Å². The van der Waals surface area contributed by atoms with Gasteiger partial charge in [-0.05, 0) is 31.4 Å². The predicted molar refractivity (Wildman–Crippen MR) is 58.0 cm³/mol. The van der Waals surface area contributed by atoms with Crippen LogP contribution in [-0.2, 0) is 4.79 Å². The van der Waals surface area contributed by atoms with Gasteiger partial charge in [0.05, 0.1) is 12.2 Å². The van der Waals surface area contributed by atoms with Crippen molar-refractivity contribution in [2.24, 2.45) is 0 Å². The van der Waals surface area contributed by atoms with Crippen molar-refractivity contribution >= 4 is 17.4 Å².